The number of rotatable bonds is 9. The van der Waals surface area contributed by atoms with Crippen molar-refractivity contribution >= 4 is 41.5 Å². The normalized spacial score (nSPS) is 10.8. The number of carbonyl (C=O) groups excluding carboxylic acids is 1. The molecule has 1 amide bonds. The van der Waals surface area contributed by atoms with E-state index in [1.807, 2.05) is 44.2 Å². The Hall–Kier alpha value is -2.16. The second kappa shape index (κ2) is 13.9. The van der Waals surface area contributed by atoms with Gasteiger partial charge in [-0.3, -0.25) is 4.79 Å². The molecule has 0 radical (unpaired) electrons. The SMILES string of the molecule is CCCC(=O)Nc1ccc(CN=C(NCC)NCCc2ccccc2F)cc1.I. The summed E-state index contributed by atoms with van der Waals surface area (Å²) in [4.78, 5) is 16.2. The van der Waals surface area contributed by atoms with E-state index in [-0.39, 0.29) is 35.7 Å². The van der Waals surface area contributed by atoms with Crippen LogP contribution in [0, 0.1) is 5.82 Å². The summed E-state index contributed by atoms with van der Waals surface area (Å²) in [5.74, 6) is 0.540. The molecular formula is C22H30FIN4O. The topological polar surface area (TPSA) is 65.5 Å². The van der Waals surface area contributed by atoms with E-state index >= 15 is 0 Å². The van der Waals surface area contributed by atoms with E-state index < -0.39 is 0 Å². The first kappa shape index (κ1) is 24.9. The van der Waals surface area contributed by atoms with Crippen molar-refractivity contribution in [2.24, 2.45) is 4.99 Å². The lowest BCUT2D eigenvalue weighted by Gasteiger charge is -2.12. The van der Waals surface area contributed by atoms with Crippen molar-refractivity contribution in [3.05, 3.63) is 65.5 Å². The Morgan fingerprint density at radius 1 is 1.03 bits per heavy atom. The molecular weight excluding hydrogens is 482 g/mol. The monoisotopic (exact) mass is 512 g/mol. The van der Waals surface area contributed by atoms with Crippen LogP contribution in [0.1, 0.15) is 37.8 Å². The van der Waals surface area contributed by atoms with Crippen LogP contribution in [0.25, 0.3) is 0 Å². The molecule has 0 unspecified atom stereocenters. The van der Waals surface area contributed by atoms with E-state index in [1.54, 1.807) is 12.1 Å². The molecule has 0 heterocycles. The molecule has 0 fully saturated rings. The van der Waals surface area contributed by atoms with Crippen molar-refractivity contribution in [2.45, 2.75) is 39.7 Å². The molecule has 29 heavy (non-hydrogen) atoms. The van der Waals surface area contributed by atoms with Gasteiger partial charge in [0.2, 0.25) is 5.91 Å². The van der Waals surface area contributed by atoms with Crippen LogP contribution in [0.4, 0.5) is 10.1 Å². The third-order valence-electron chi connectivity index (χ3n) is 4.12. The van der Waals surface area contributed by atoms with E-state index in [2.05, 4.69) is 20.9 Å². The zero-order chi connectivity index (χ0) is 20.2. The molecule has 0 aromatic heterocycles. The maximum atomic E-state index is 13.7. The van der Waals surface area contributed by atoms with Crippen LogP contribution in [0.3, 0.4) is 0 Å². The smallest absolute Gasteiger partial charge is 0.224 e. The molecule has 7 heteroatoms. The molecule has 2 rings (SSSR count). The number of anilines is 1. The van der Waals surface area contributed by atoms with Gasteiger partial charge in [-0.15, -0.1) is 24.0 Å². The van der Waals surface area contributed by atoms with Gasteiger partial charge in [-0.05, 0) is 49.1 Å². The van der Waals surface area contributed by atoms with E-state index in [4.69, 9.17) is 0 Å². The van der Waals surface area contributed by atoms with E-state index in [9.17, 15) is 9.18 Å². The number of hydrogen-bond acceptors (Lipinski definition) is 2. The molecule has 0 saturated carbocycles. The second-order valence-corrected chi connectivity index (χ2v) is 6.46. The standard InChI is InChI=1S/C22H29FN4O.HI/c1-3-7-21(28)27-19-12-10-17(11-13-19)16-26-22(24-4-2)25-15-14-18-8-5-6-9-20(18)23;/h5-6,8-13H,3-4,7,14-16H2,1-2H3,(H,27,28)(H2,24,25,26);1H. The molecule has 0 aliphatic rings. The van der Waals surface area contributed by atoms with Crippen LogP contribution in [0.15, 0.2) is 53.5 Å². The van der Waals surface area contributed by atoms with Crippen molar-refractivity contribution in [1.82, 2.24) is 10.6 Å². The van der Waals surface area contributed by atoms with Gasteiger partial charge in [0.1, 0.15) is 5.82 Å². The molecule has 0 aliphatic carbocycles. The van der Waals surface area contributed by atoms with Gasteiger partial charge in [-0.25, -0.2) is 9.38 Å². The average molecular weight is 512 g/mol. The largest absolute Gasteiger partial charge is 0.357 e. The zero-order valence-electron chi connectivity index (χ0n) is 17.0. The predicted octanol–water partition coefficient (Wildman–Crippen LogP) is 4.48. The fourth-order valence-electron chi connectivity index (χ4n) is 2.67. The van der Waals surface area contributed by atoms with E-state index in [0.717, 1.165) is 24.2 Å². The van der Waals surface area contributed by atoms with Gasteiger partial charge in [0.15, 0.2) is 5.96 Å². The number of aliphatic imine (C=N–C) groups is 1. The molecule has 0 atom stereocenters. The van der Waals surface area contributed by atoms with Gasteiger partial charge in [-0.2, -0.15) is 0 Å². The summed E-state index contributed by atoms with van der Waals surface area (Å²) in [6.07, 6.45) is 1.94. The lowest BCUT2D eigenvalue weighted by molar-refractivity contribution is -0.116. The minimum atomic E-state index is -0.183. The number of halogens is 2. The van der Waals surface area contributed by atoms with Crippen molar-refractivity contribution in [2.75, 3.05) is 18.4 Å². The van der Waals surface area contributed by atoms with Gasteiger partial charge < -0.3 is 16.0 Å². The summed E-state index contributed by atoms with van der Waals surface area (Å²) in [6.45, 7) is 5.83. The lowest BCUT2D eigenvalue weighted by atomic mass is 10.1. The van der Waals surface area contributed by atoms with Gasteiger partial charge >= 0.3 is 0 Å². The number of nitrogens with one attached hydrogen (secondary N) is 3. The Balaban J connectivity index is 0.00000420. The van der Waals surface area contributed by atoms with Gasteiger partial charge in [0.25, 0.3) is 0 Å². The second-order valence-electron chi connectivity index (χ2n) is 6.46. The summed E-state index contributed by atoms with van der Waals surface area (Å²) in [6, 6.07) is 14.5. The molecule has 0 saturated heterocycles. The maximum Gasteiger partial charge on any atom is 0.224 e. The van der Waals surface area contributed by atoms with Gasteiger partial charge in [0.05, 0.1) is 6.54 Å². The van der Waals surface area contributed by atoms with Gasteiger partial charge in [-0.1, -0.05) is 37.3 Å². The van der Waals surface area contributed by atoms with Crippen LogP contribution >= 0.6 is 24.0 Å². The average Bonchev–Trinajstić information content (AvgIpc) is 2.69. The highest BCUT2D eigenvalue weighted by Crippen LogP contribution is 2.11. The minimum absolute atomic E-state index is 0. The van der Waals surface area contributed by atoms with Crippen LogP contribution in [0.2, 0.25) is 0 Å². The van der Waals surface area contributed by atoms with Crippen molar-refractivity contribution in [3.63, 3.8) is 0 Å². The van der Waals surface area contributed by atoms with Crippen LogP contribution < -0.4 is 16.0 Å². The number of hydrogen-bond donors (Lipinski definition) is 3. The Bertz CT molecular complexity index is 781. The highest BCUT2D eigenvalue weighted by molar-refractivity contribution is 14.0. The Labute approximate surface area is 189 Å². The highest BCUT2D eigenvalue weighted by Gasteiger charge is 2.03. The van der Waals surface area contributed by atoms with Crippen LogP contribution in [-0.2, 0) is 17.8 Å². The lowest BCUT2D eigenvalue weighted by Crippen LogP contribution is -2.38. The number of carbonyl (C=O) groups is 1. The quantitative estimate of drug-likeness (QED) is 0.264. The van der Waals surface area contributed by atoms with Crippen LogP contribution in [-0.4, -0.2) is 25.0 Å². The summed E-state index contributed by atoms with van der Waals surface area (Å²) in [5.41, 5.74) is 2.52. The molecule has 0 spiro atoms. The number of nitrogens with zero attached hydrogens (tertiary/aromatic N) is 1. The highest BCUT2D eigenvalue weighted by atomic mass is 127. The molecule has 0 bridgehead atoms. The van der Waals surface area contributed by atoms with E-state index in [0.29, 0.717) is 37.5 Å². The molecule has 2 aromatic carbocycles. The minimum Gasteiger partial charge on any atom is -0.357 e. The number of amides is 1. The first-order chi connectivity index (χ1) is 13.6. The number of benzene rings is 2. The molecule has 3 N–H and O–H groups in total. The summed E-state index contributed by atoms with van der Waals surface area (Å²) in [7, 11) is 0. The Morgan fingerprint density at radius 2 is 1.76 bits per heavy atom. The maximum absolute atomic E-state index is 13.7. The van der Waals surface area contributed by atoms with Crippen LogP contribution in [0.5, 0.6) is 0 Å². The Morgan fingerprint density at radius 3 is 2.41 bits per heavy atom. The summed E-state index contributed by atoms with van der Waals surface area (Å²) < 4.78 is 13.7. The fourth-order valence-corrected chi connectivity index (χ4v) is 2.67. The first-order valence-corrected chi connectivity index (χ1v) is 9.76. The molecule has 2 aromatic rings. The molecule has 0 aliphatic heterocycles. The molecule has 5 nitrogen and oxygen atoms in total. The number of guanidine groups is 1. The van der Waals surface area contributed by atoms with Crippen molar-refractivity contribution < 1.29 is 9.18 Å². The van der Waals surface area contributed by atoms with Gasteiger partial charge in [0, 0.05) is 25.2 Å². The third-order valence-corrected chi connectivity index (χ3v) is 4.12. The summed E-state index contributed by atoms with van der Waals surface area (Å²) in [5, 5.41) is 9.30. The zero-order valence-corrected chi connectivity index (χ0v) is 19.3. The predicted molar refractivity (Wildman–Crippen MR) is 128 cm³/mol. The Kier molecular flexibility index (Phi) is 11.9. The van der Waals surface area contributed by atoms with E-state index in [1.165, 1.54) is 6.07 Å². The molecule has 158 valence electrons. The third kappa shape index (κ3) is 9.25. The van der Waals surface area contributed by atoms with Crippen molar-refractivity contribution in [3.8, 4) is 0 Å². The first-order valence-electron chi connectivity index (χ1n) is 9.76. The fraction of sp³-hybridized carbons (Fsp3) is 0.364. The van der Waals surface area contributed by atoms with Crippen molar-refractivity contribution in [1.29, 1.82) is 0 Å². The summed E-state index contributed by atoms with van der Waals surface area (Å²) >= 11 is 0.